The van der Waals surface area contributed by atoms with Gasteiger partial charge in [0, 0.05) is 26.3 Å². The van der Waals surface area contributed by atoms with Crippen molar-refractivity contribution in [3.05, 3.63) is 0 Å². The molecule has 0 bridgehead atoms. The van der Waals surface area contributed by atoms with Gasteiger partial charge in [0.15, 0.2) is 0 Å². The lowest BCUT2D eigenvalue weighted by molar-refractivity contribution is 0.0688. The quantitative estimate of drug-likeness (QED) is 0.688. The van der Waals surface area contributed by atoms with Crippen LogP contribution in [-0.4, -0.2) is 26.3 Å². The molecule has 0 aromatic carbocycles. The molecule has 1 aliphatic rings. The minimum Gasteiger partial charge on any atom is -0.385 e. The second-order valence-electron chi connectivity index (χ2n) is 8.27. The van der Waals surface area contributed by atoms with E-state index >= 15 is 0 Å². The van der Waals surface area contributed by atoms with E-state index in [4.69, 9.17) is 4.74 Å². The third kappa shape index (κ3) is 5.73. The van der Waals surface area contributed by atoms with Crippen LogP contribution in [-0.2, 0) is 4.74 Å². The number of ether oxygens (including phenoxy) is 1. The zero-order valence-electron chi connectivity index (χ0n) is 14.7. The molecule has 0 unspecified atom stereocenters. The Labute approximate surface area is 127 Å². The lowest BCUT2D eigenvalue weighted by Gasteiger charge is -2.45. The third-order valence-corrected chi connectivity index (χ3v) is 5.21. The zero-order valence-corrected chi connectivity index (χ0v) is 14.7. The third-order valence-electron chi connectivity index (χ3n) is 5.21. The Bertz CT molecular complexity index is 259. The van der Waals surface area contributed by atoms with Crippen molar-refractivity contribution in [3.8, 4) is 0 Å². The van der Waals surface area contributed by atoms with Gasteiger partial charge in [-0.3, -0.25) is 0 Å². The summed E-state index contributed by atoms with van der Waals surface area (Å²) in [7, 11) is 1.82. The molecular weight excluding hydrogens is 246 g/mol. The molecule has 0 aromatic heterocycles. The molecule has 120 valence electrons. The van der Waals surface area contributed by atoms with Gasteiger partial charge < -0.3 is 10.1 Å². The summed E-state index contributed by atoms with van der Waals surface area (Å²) < 4.78 is 5.26. The van der Waals surface area contributed by atoms with Crippen LogP contribution in [0.2, 0.25) is 0 Å². The zero-order chi connectivity index (χ0) is 15.2. The van der Waals surface area contributed by atoms with E-state index in [1.54, 1.807) is 0 Å². The molecule has 0 atom stereocenters. The van der Waals surface area contributed by atoms with E-state index in [9.17, 15) is 0 Å². The maximum absolute atomic E-state index is 5.26. The highest BCUT2D eigenvalue weighted by Gasteiger charge is 2.38. The Morgan fingerprint density at radius 2 is 1.80 bits per heavy atom. The van der Waals surface area contributed by atoms with Gasteiger partial charge in [0.1, 0.15) is 0 Å². The van der Waals surface area contributed by atoms with Crippen LogP contribution in [0, 0.1) is 16.7 Å². The lowest BCUT2D eigenvalue weighted by atomic mass is 9.62. The molecule has 0 aliphatic heterocycles. The van der Waals surface area contributed by atoms with E-state index in [2.05, 4.69) is 39.9 Å². The fourth-order valence-electron chi connectivity index (χ4n) is 3.62. The van der Waals surface area contributed by atoms with Crippen LogP contribution < -0.4 is 5.32 Å². The maximum atomic E-state index is 5.26. The minimum atomic E-state index is 0.476. The second-order valence-corrected chi connectivity index (χ2v) is 8.27. The maximum Gasteiger partial charge on any atom is 0.0462 e. The van der Waals surface area contributed by atoms with Crippen LogP contribution in [0.1, 0.15) is 73.1 Å². The molecule has 1 fully saturated rings. The van der Waals surface area contributed by atoms with Crippen molar-refractivity contribution in [2.45, 2.75) is 79.2 Å². The number of hydrogen-bond donors (Lipinski definition) is 1. The van der Waals surface area contributed by atoms with Crippen molar-refractivity contribution in [2.75, 3.05) is 20.3 Å². The molecule has 1 N–H and O–H groups in total. The Morgan fingerprint density at radius 1 is 1.20 bits per heavy atom. The van der Waals surface area contributed by atoms with E-state index in [1.165, 1.54) is 45.1 Å². The van der Waals surface area contributed by atoms with Gasteiger partial charge in [-0.15, -0.1) is 0 Å². The molecule has 1 rings (SSSR count). The van der Waals surface area contributed by atoms with Gasteiger partial charge >= 0.3 is 0 Å². The number of methoxy groups -OCH3 is 1. The Morgan fingerprint density at radius 3 is 2.25 bits per heavy atom. The predicted molar refractivity (Wildman–Crippen MR) is 88.1 cm³/mol. The summed E-state index contributed by atoms with van der Waals surface area (Å²) >= 11 is 0. The van der Waals surface area contributed by atoms with E-state index in [-0.39, 0.29) is 0 Å². The standard InChI is InChI=1S/C18H37NO/c1-15(2)19-14-18(10-7-13-20-6)11-8-16(9-12-18)17(3,4)5/h15-16,19H,7-14H2,1-6H3. The van der Waals surface area contributed by atoms with Crippen molar-refractivity contribution in [2.24, 2.45) is 16.7 Å². The van der Waals surface area contributed by atoms with Crippen molar-refractivity contribution >= 4 is 0 Å². The molecule has 0 heterocycles. The average molecular weight is 284 g/mol. The van der Waals surface area contributed by atoms with Crippen LogP contribution in [0.3, 0.4) is 0 Å². The molecule has 0 spiro atoms. The van der Waals surface area contributed by atoms with Crippen LogP contribution >= 0.6 is 0 Å². The molecule has 0 radical (unpaired) electrons. The summed E-state index contributed by atoms with van der Waals surface area (Å²) in [5.74, 6) is 0.900. The first-order valence-corrected chi connectivity index (χ1v) is 8.51. The Hall–Kier alpha value is -0.0800. The van der Waals surface area contributed by atoms with Crippen LogP contribution in [0.15, 0.2) is 0 Å². The molecule has 20 heavy (non-hydrogen) atoms. The summed E-state index contributed by atoms with van der Waals surface area (Å²) in [5.41, 5.74) is 0.995. The highest BCUT2D eigenvalue weighted by atomic mass is 16.5. The largest absolute Gasteiger partial charge is 0.385 e. The first-order chi connectivity index (χ1) is 9.29. The van der Waals surface area contributed by atoms with Crippen molar-refractivity contribution in [3.63, 3.8) is 0 Å². The fourth-order valence-corrected chi connectivity index (χ4v) is 3.62. The average Bonchev–Trinajstić information content (AvgIpc) is 2.36. The first-order valence-electron chi connectivity index (χ1n) is 8.51. The molecule has 0 amide bonds. The van der Waals surface area contributed by atoms with E-state index in [1.807, 2.05) is 7.11 Å². The van der Waals surface area contributed by atoms with Gasteiger partial charge in [0.25, 0.3) is 0 Å². The Balaban J connectivity index is 2.57. The van der Waals surface area contributed by atoms with Crippen molar-refractivity contribution < 1.29 is 4.74 Å². The normalized spacial score (nSPS) is 28.1. The number of nitrogens with one attached hydrogen (secondary N) is 1. The van der Waals surface area contributed by atoms with E-state index in [0.29, 0.717) is 16.9 Å². The molecule has 1 aliphatic carbocycles. The molecule has 0 aromatic rings. The molecular formula is C18H37NO. The minimum absolute atomic E-state index is 0.476. The van der Waals surface area contributed by atoms with Crippen LogP contribution in [0.5, 0.6) is 0 Å². The van der Waals surface area contributed by atoms with E-state index < -0.39 is 0 Å². The summed E-state index contributed by atoms with van der Waals surface area (Å²) in [5, 5.41) is 3.70. The molecule has 2 heteroatoms. The highest BCUT2D eigenvalue weighted by molar-refractivity contribution is 4.90. The fraction of sp³-hybridized carbons (Fsp3) is 1.00. The summed E-state index contributed by atoms with van der Waals surface area (Å²) in [6.45, 7) is 13.8. The van der Waals surface area contributed by atoms with Gasteiger partial charge in [0.2, 0.25) is 0 Å². The summed E-state index contributed by atoms with van der Waals surface area (Å²) in [6.07, 6.45) is 8.09. The first kappa shape index (κ1) is 18.0. The highest BCUT2D eigenvalue weighted by Crippen LogP contribution is 2.47. The SMILES string of the molecule is COCCCC1(CNC(C)C)CCC(C(C)(C)C)CC1. The topological polar surface area (TPSA) is 21.3 Å². The number of rotatable bonds is 7. The molecule has 1 saturated carbocycles. The van der Waals surface area contributed by atoms with Crippen LogP contribution in [0.4, 0.5) is 0 Å². The monoisotopic (exact) mass is 283 g/mol. The smallest absolute Gasteiger partial charge is 0.0462 e. The number of hydrogen-bond acceptors (Lipinski definition) is 2. The second kappa shape index (κ2) is 7.79. The van der Waals surface area contributed by atoms with Crippen molar-refractivity contribution in [1.82, 2.24) is 5.32 Å². The lowest BCUT2D eigenvalue weighted by Crippen LogP contribution is -2.41. The van der Waals surface area contributed by atoms with Gasteiger partial charge in [-0.2, -0.15) is 0 Å². The molecule has 0 saturated heterocycles. The van der Waals surface area contributed by atoms with E-state index in [0.717, 1.165) is 12.5 Å². The van der Waals surface area contributed by atoms with Crippen LogP contribution in [0.25, 0.3) is 0 Å². The van der Waals surface area contributed by atoms with Gasteiger partial charge in [0.05, 0.1) is 0 Å². The molecule has 2 nitrogen and oxygen atoms in total. The predicted octanol–water partition coefficient (Wildman–Crippen LogP) is 4.63. The van der Waals surface area contributed by atoms with Gasteiger partial charge in [-0.25, -0.2) is 0 Å². The summed E-state index contributed by atoms with van der Waals surface area (Å²) in [4.78, 5) is 0. The van der Waals surface area contributed by atoms with Gasteiger partial charge in [-0.1, -0.05) is 34.6 Å². The van der Waals surface area contributed by atoms with Gasteiger partial charge in [-0.05, 0) is 55.3 Å². The van der Waals surface area contributed by atoms with Crippen molar-refractivity contribution in [1.29, 1.82) is 0 Å². The Kier molecular flexibility index (Phi) is 7.00. The summed E-state index contributed by atoms with van der Waals surface area (Å²) in [6, 6.07) is 0.592.